The smallest absolute Gasteiger partial charge is 0.207 e. The van der Waals surface area contributed by atoms with Crippen LogP contribution in [-0.2, 0) is 15.9 Å². The van der Waals surface area contributed by atoms with Gasteiger partial charge in [-0.25, -0.2) is 8.42 Å². The molecule has 1 aliphatic heterocycles. The Kier molecular flexibility index (Phi) is 5.29. The predicted octanol–water partition coefficient (Wildman–Crippen LogP) is 3.69. The maximum absolute atomic E-state index is 12.6. The molecule has 0 spiro atoms. The summed E-state index contributed by atoms with van der Waals surface area (Å²) in [7, 11) is -3.34. The minimum Gasteiger partial charge on any atom is -0.207 e. The van der Waals surface area contributed by atoms with Crippen molar-refractivity contribution in [1.29, 1.82) is 0 Å². The number of hydrogen-bond donors (Lipinski definition) is 0. The molecule has 0 saturated carbocycles. The summed E-state index contributed by atoms with van der Waals surface area (Å²) in [5.74, 6) is 0.949. The van der Waals surface area contributed by atoms with Crippen molar-refractivity contribution in [3.63, 3.8) is 0 Å². The summed E-state index contributed by atoms with van der Waals surface area (Å²) in [6.07, 6.45) is 4.35. The maximum Gasteiger partial charge on any atom is 0.244 e. The molecule has 0 aliphatic carbocycles. The van der Waals surface area contributed by atoms with Crippen LogP contribution < -0.4 is 0 Å². The monoisotopic (exact) mass is 321 g/mol. The molecule has 3 nitrogen and oxygen atoms in total. The largest absolute Gasteiger partial charge is 0.244 e. The fourth-order valence-corrected chi connectivity index (χ4v) is 5.79. The van der Waals surface area contributed by atoms with Crippen molar-refractivity contribution in [2.75, 3.05) is 13.1 Å². The maximum atomic E-state index is 12.6. The molecule has 0 radical (unpaired) electrons. The van der Waals surface area contributed by atoms with Crippen molar-refractivity contribution in [3.8, 4) is 0 Å². The number of piperidine rings is 1. The zero-order valence-corrected chi connectivity index (χ0v) is 13.5. The van der Waals surface area contributed by atoms with Crippen LogP contribution in [0.2, 0.25) is 0 Å². The van der Waals surface area contributed by atoms with Gasteiger partial charge in [0.15, 0.2) is 0 Å². The lowest BCUT2D eigenvalue weighted by Gasteiger charge is -2.31. The van der Waals surface area contributed by atoms with Crippen molar-refractivity contribution in [2.45, 2.75) is 43.4 Å². The third kappa shape index (κ3) is 3.32. The Labute approximate surface area is 124 Å². The first kappa shape index (κ1) is 15.3. The lowest BCUT2D eigenvalue weighted by Crippen LogP contribution is -2.38. The molecule has 0 N–H and O–H groups in total. The molecule has 19 heavy (non-hydrogen) atoms. The molecule has 0 unspecified atom stereocenters. The molecule has 0 atom stereocenters. The van der Waals surface area contributed by atoms with Crippen LogP contribution in [0.5, 0.6) is 0 Å². The second kappa shape index (κ2) is 6.57. The lowest BCUT2D eigenvalue weighted by atomic mass is 9.94. The van der Waals surface area contributed by atoms with Crippen LogP contribution in [0.3, 0.4) is 0 Å². The summed E-state index contributed by atoms with van der Waals surface area (Å²) >= 11 is 7.22. The number of alkyl halides is 1. The molecule has 6 heteroatoms. The van der Waals surface area contributed by atoms with Gasteiger partial charge in [0.2, 0.25) is 10.0 Å². The van der Waals surface area contributed by atoms with E-state index in [1.54, 1.807) is 15.8 Å². The van der Waals surface area contributed by atoms with Crippen LogP contribution in [0.25, 0.3) is 0 Å². The Balaban J connectivity index is 2.10. The van der Waals surface area contributed by atoms with E-state index in [1.807, 2.05) is 0 Å². The van der Waals surface area contributed by atoms with Crippen LogP contribution in [0.15, 0.2) is 16.3 Å². The Morgan fingerprint density at radius 2 is 2.11 bits per heavy atom. The highest BCUT2D eigenvalue weighted by molar-refractivity contribution is 7.89. The van der Waals surface area contributed by atoms with E-state index in [0.29, 0.717) is 23.9 Å². The van der Waals surface area contributed by atoms with Crippen molar-refractivity contribution in [2.24, 2.45) is 5.92 Å². The van der Waals surface area contributed by atoms with Crippen molar-refractivity contribution in [1.82, 2.24) is 4.31 Å². The highest BCUT2D eigenvalue weighted by Gasteiger charge is 2.30. The Bertz CT molecular complexity index is 504. The van der Waals surface area contributed by atoms with Gasteiger partial charge in [0.05, 0.1) is 10.8 Å². The molecular weight excluding hydrogens is 302 g/mol. The quantitative estimate of drug-likeness (QED) is 0.776. The number of halogens is 1. The van der Waals surface area contributed by atoms with Gasteiger partial charge in [0.25, 0.3) is 0 Å². The summed E-state index contributed by atoms with van der Waals surface area (Å²) in [5, 5.41) is 1.80. The number of thiophene rings is 1. The summed E-state index contributed by atoms with van der Waals surface area (Å²) < 4.78 is 26.8. The van der Waals surface area contributed by atoms with Crippen LogP contribution in [0.4, 0.5) is 0 Å². The first-order valence-corrected chi connectivity index (χ1v) is 9.57. The van der Waals surface area contributed by atoms with Gasteiger partial charge in [-0.1, -0.05) is 19.8 Å². The van der Waals surface area contributed by atoms with Crippen LogP contribution in [-0.4, -0.2) is 25.8 Å². The summed E-state index contributed by atoms with van der Waals surface area (Å²) in [4.78, 5) is 1.15. The highest BCUT2D eigenvalue weighted by Crippen LogP contribution is 2.30. The molecule has 0 aromatic carbocycles. The van der Waals surface area contributed by atoms with Gasteiger partial charge in [0.1, 0.15) is 0 Å². The van der Waals surface area contributed by atoms with E-state index in [9.17, 15) is 8.42 Å². The first-order chi connectivity index (χ1) is 9.09. The van der Waals surface area contributed by atoms with Gasteiger partial charge < -0.3 is 0 Å². The third-order valence-electron chi connectivity index (χ3n) is 3.71. The van der Waals surface area contributed by atoms with Crippen molar-refractivity contribution in [3.05, 3.63) is 16.3 Å². The van der Waals surface area contributed by atoms with E-state index in [0.717, 1.165) is 17.7 Å². The van der Waals surface area contributed by atoms with E-state index in [1.165, 1.54) is 24.2 Å². The second-order valence-electron chi connectivity index (χ2n) is 4.98. The van der Waals surface area contributed by atoms with Crippen LogP contribution >= 0.6 is 22.9 Å². The molecule has 1 aromatic rings. The summed E-state index contributed by atoms with van der Waals surface area (Å²) in [6, 6.07) is 1.68. The summed E-state index contributed by atoms with van der Waals surface area (Å²) in [5.41, 5.74) is 0. The molecule has 0 bridgehead atoms. The van der Waals surface area contributed by atoms with Gasteiger partial charge in [-0.05, 0) is 30.2 Å². The topological polar surface area (TPSA) is 37.4 Å². The minimum atomic E-state index is -3.34. The van der Waals surface area contributed by atoms with Gasteiger partial charge in [-0.2, -0.15) is 4.31 Å². The third-order valence-corrected chi connectivity index (χ3v) is 7.17. The number of sulfonamides is 1. The normalized spacial score (nSPS) is 18.8. The zero-order valence-electron chi connectivity index (χ0n) is 11.1. The van der Waals surface area contributed by atoms with Gasteiger partial charge in [0, 0.05) is 18.0 Å². The Morgan fingerprint density at radius 1 is 1.42 bits per heavy atom. The van der Waals surface area contributed by atoms with Crippen LogP contribution in [0.1, 0.15) is 37.5 Å². The standard InChI is InChI=1S/C13H20ClNO2S2/c1-2-3-11-4-7-15(8-5-11)19(16,17)13-6-9-18-12(13)10-14/h6,9,11H,2-5,7-8,10H2,1H3. The molecule has 108 valence electrons. The SMILES string of the molecule is CCCC1CCN(S(=O)(=O)c2ccsc2CCl)CC1. The number of rotatable bonds is 5. The Morgan fingerprint density at radius 3 is 2.68 bits per heavy atom. The fourth-order valence-electron chi connectivity index (χ4n) is 2.64. The first-order valence-electron chi connectivity index (χ1n) is 6.72. The van der Waals surface area contributed by atoms with E-state index >= 15 is 0 Å². The van der Waals surface area contributed by atoms with Crippen LogP contribution in [0, 0.1) is 5.92 Å². The van der Waals surface area contributed by atoms with Gasteiger partial charge in [-0.3, -0.25) is 0 Å². The molecule has 2 heterocycles. The molecule has 1 aliphatic rings. The average molecular weight is 322 g/mol. The zero-order chi connectivity index (χ0) is 13.9. The van der Waals surface area contributed by atoms with Gasteiger partial charge in [-0.15, -0.1) is 22.9 Å². The van der Waals surface area contributed by atoms with Crippen molar-refractivity contribution >= 4 is 33.0 Å². The lowest BCUT2D eigenvalue weighted by molar-refractivity contribution is 0.262. The van der Waals surface area contributed by atoms with E-state index < -0.39 is 10.0 Å². The Hall–Kier alpha value is -0.100. The number of nitrogens with zero attached hydrogens (tertiary/aromatic N) is 1. The number of hydrogen-bond acceptors (Lipinski definition) is 3. The van der Waals surface area contributed by atoms with E-state index in [-0.39, 0.29) is 5.88 Å². The molecule has 1 fully saturated rings. The molecular formula is C13H20ClNO2S2. The molecule has 0 amide bonds. The average Bonchev–Trinajstić information content (AvgIpc) is 2.89. The highest BCUT2D eigenvalue weighted by atomic mass is 35.5. The van der Waals surface area contributed by atoms with Crippen molar-refractivity contribution < 1.29 is 8.42 Å². The van der Waals surface area contributed by atoms with E-state index in [2.05, 4.69) is 6.92 Å². The fraction of sp³-hybridized carbons (Fsp3) is 0.692. The van der Waals surface area contributed by atoms with Gasteiger partial charge >= 0.3 is 0 Å². The minimum absolute atomic E-state index is 0.262. The predicted molar refractivity (Wildman–Crippen MR) is 80.3 cm³/mol. The second-order valence-corrected chi connectivity index (χ2v) is 8.15. The summed E-state index contributed by atoms with van der Waals surface area (Å²) in [6.45, 7) is 3.47. The van der Waals surface area contributed by atoms with E-state index in [4.69, 9.17) is 11.6 Å². The molecule has 1 aromatic heterocycles. The molecule has 1 saturated heterocycles. The molecule has 2 rings (SSSR count).